The molecule has 0 aliphatic carbocycles. The fraction of sp³-hybridized carbons (Fsp3) is 0.250. The first-order valence-electron chi connectivity index (χ1n) is 7.56. The zero-order chi connectivity index (χ0) is 19.8. The molecule has 144 valence electrons. The molecule has 0 amide bonds. The number of fused-ring (bicyclic) bond motifs is 1. The van der Waals surface area contributed by atoms with E-state index in [-0.39, 0.29) is 35.2 Å². The number of carbonyl (C=O) groups excluding carboxylic acids is 1. The van der Waals surface area contributed by atoms with Crippen LogP contribution >= 0.6 is 0 Å². The lowest BCUT2D eigenvalue weighted by Gasteiger charge is -2.29. The van der Waals surface area contributed by atoms with E-state index in [1.807, 2.05) is 0 Å². The Kier molecular flexibility index (Phi) is 4.72. The van der Waals surface area contributed by atoms with Gasteiger partial charge >= 0.3 is 12.1 Å². The van der Waals surface area contributed by atoms with Crippen molar-refractivity contribution in [3.05, 3.63) is 47.7 Å². The van der Waals surface area contributed by atoms with E-state index in [9.17, 15) is 26.4 Å². The molecule has 0 radical (unpaired) electrons. The molecule has 2 aromatic rings. The lowest BCUT2D eigenvalue weighted by Crippen LogP contribution is -2.38. The predicted octanol–water partition coefficient (Wildman–Crippen LogP) is 2.47. The van der Waals surface area contributed by atoms with Gasteiger partial charge in [0.15, 0.2) is 0 Å². The molecule has 3 rings (SSSR count). The highest BCUT2D eigenvalue weighted by Crippen LogP contribution is 2.35. The number of aromatic nitrogens is 1. The largest absolute Gasteiger partial charge is 0.474 e. The molecule has 0 atom stereocenters. The molecule has 0 unspecified atom stereocenters. The molecule has 1 aromatic carbocycles. The van der Waals surface area contributed by atoms with Crippen molar-refractivity contribution in [2.24, 2.45) is 0 Å². The molecule has 7 nitrogen and oxygen atoms in total. The number of carbonyl (C=O) groups is 1. The lowest BCUT2D eigenvalue weighted by atomic mass is 10.2. The second-order valence-electron chi connectivity index (χ2n) is 5.49. The Morgan fingerprint density at radius 2 is 1.93 bits per heavy atom. The number of hydrogen-bond acceptors (Lipinski definition) is 6. The van der Waals surface area contributed by atoms with Gasteiger partial charge in [0.05, 0.1) is 29.7 Å². The van der Waals surface area contributed by atoms with E-state index in [1.54, 1.807) is 0 Å². The number of ether oxygens (including phenoxy) is 2. The van der Waals surface area contributed by atoms with Crippen LogP contribution < -0.4 is 9.04 Å². The standard InChI is InChI=1S/C16H13F3N2O5S/c1-25-15(22)10-8-13-14(20-9-10)26-7-6-21(13)27(23,24)12-4-2-11(3-5-12)16(17,18)19/h2-5,8-9H,6-7H2,1H3. The molecule has 0 bridgehead atoms. The summed E-state index contributed by atoms with van der Waals surface area (Å²) in [6.45, 7) is -0.0971. The number of benzene rings is 1. The van der Waals surface area contributed by atoms with E-state index in [1.165, 1.54) is 12.3 Å². The molecule has 1 aromatic heterocycles. The number of methoxy groups -OCH3 is 1. The van der Waals surface area contributed by atoms with Crippen LogP contribution in [0.1, 0.15) is 15.9 Å². The Hall–Kier alpha value is -2.82. The summed E-state index contributed by atoms with van der Waals surface area (Å²) < 4.78 is 74.7. The zero-order valence-corrected chi connectivity index (χ0v) is 14.7. The number of alkyl halides is 3. The minimum Gasteiger partial charge on any atom is -0.474 e. The Balaban J connectivity index is 2.03. The van der Waals surface area contributed by atoms with Crippen molar-refractivity contribution in [2.45, 2.75) is 11.1 Å². The van der Waals surface area contributed by atoms with Gasteiger partial charge in [0.25, 0.3) is 10.0 Å². The van der Waals surface area contributed by atoms with Gasteiger partial charge in [0.1, 0.15) is 12.3 Å². The van der Waals surface area contributed by atoms with Crippen LogP contribution in [0.25, 0.3) is 0 Å². The Bertz CT molecular complexity index is 975. The molecule has 0 saturated carbocycles. The van der Waals surface area contributed by atoms with Gasteiger partial charge in [0.2, 0.25) is 5.88 Å². The van der Waals surface area contributed by atoms with Gasteiger partial charge < -0.3 is 9.47 Å². The third-order valence-electron chi connectivity index (χ3n) is 3.82. The number of esters is 1. The van der Waals surface area contributed by atoms with Crippen LogP contribution in [-0.4, -0.2) is 39.6 Å². The fourth-order valence-electron chi connectivity index (χ4n) is 2.50. The van der Waals surface area contributed by atoms with Crippen LogP contribution in [0.4, 0.5) is 18.9 Å². The van der Waals surface area contributed by atoms with E-state index in [4.69, 9.17) is 4.74 Å². The van der Waals surface area contributed by atoms with Crippen LogP contribution in [0.15, 0.2) is 41.4 Å². The van der Waals surface area contributed by atoms with Gasteiger partial charge in [-0.1, -0.05) is 0 Å². The highest BCUT2D eigenvalue weighted by atomic mass is 32.2. The summed E-state index contributed by atoms with van der Waals surface area (Å²) >= 11 is 0. The Labute approximate surface area is 152 Å². The van der Waals surface area contributed by atoms with Gasteiger partial charge in [-0.05, 0) is 30.3 Å². The van der Waals surface area contributed by atoms with Crippen LogP contribution in [0.3, 0.4) is 0 Å². The predicted molar refractivity (Wildman–Crippen MR) is 87.0 cm³/mol. The summed E-state index contributed by atoms with van der Waals surface area (Å²) in [4.78, 5) is 15.3. The highest BCUT2D eigenvalue weighted by Gasteiger charge is 2.34. The van der Waals surface area contributed by atoms with Crippen molar-refractivity contribution in [3.63, 3.8) is 0 Å². The van der Waals surface area contributed by atoms with E-state index < -0.39 is 27.7 Å². The second-order valence-corrected chi connectivity index (χ2v) is 7.35. The Morgan fingerprint density at radius 1 is 1.26 bits per heavy atom. The molecule has 0 spiro atoms. The first-order chi connectivity index (χ1) is 12.6. The summed E-state index contributed by atoms with van der Waals surface area (Å²) in [5.41, 5.74) is -0.947. The molecule has 0 saturated heterocycles. The maximum atomic E-state index is 12.9. The van der Waals surface area contributed by atoms with Gasteiger partial charge in [-0.2, -0.15) is 13.2 Å². The van der Waals surface area contributed by atoms with Crippen LogP contribution in [-0.2, 0) is 20.9 Å². The fourth-order valence-corrected chi connectivity index (χ4v) is 3.94. The average Bonchev–Trinajstić information content (AvgIpc) is 2.65. The smallest absolute Gasteiger partial charge is 0.416 e. The molecule has 0 N–H and O–H groups in total. The number of anilines is 1. The first kappa shape index (κ1) is 19.0. The molecule has 2 heterocycles. The normalized spacial score (nSPS) is 14.3. The van der Waals surface area contributed by atoms with Crippen molar-refractivity contribution in [3.8, 4) is 5.88 Å². The minimum absolute atomic E-state index is 0.00254. The number of rotatable bonds is 3. The molecule has 11 heteroatoms. The van der Waals surface area contributed by atoms with E-state index in [0.717, 1.165) is 23.5 Å². The SMILES string of the molecule is COC(=O)c1cnc2c(c1)N(S(=O)(=O)c1ccc(C(F)(F)F)cc1)CCO2. The summed E-state index contributed by atoms with van der Waals surface area (Å²) in [6, 6.07) is 4.39. The summed E-state index contributed by atoms with van der Waals surface area (Å²) in [5.74, 6) is -0.729. The number of halogens is 3. The molecule has 0 fully saturated rings. The highest BCUT2D eigenvalue weighted by molar-refractivity contribution is 7.92. The average molecular weight is 402 g/mol. The van der Waals surface area contributed by atoms with Gasteiger partial charge in [-0.25, -0.2) is 18.2 Å². The number of nitrogens with zero attached hydrogens (tertiary/aromatic N) is 2. The molecule has 1 aliphatic rings. The van der Waals surface area contributed by atoms with Crippen molar-refractivity contribution < 1.29 is 35.9 Å². The molecular weight excluding hydrogens is 389 g/mol. The van der Waals surface area contributed by atoms with Crippen molar-refractivity contribution in [1.82, 2.24) is 4.98 Å². The summed E-state index contributed by atoms with van der Waals surface area (Å²) in [5, 5.41) is 0. The molecule has 27 heavy (non-hydrogen) atoms. The quantitative estimate of drug-likeness (QED) is 0.734. The van der Waals surface area contributed by atoms with E-state index in [2.05, 4.69) is 9.72 Å². The van der Waals surface area contributed by atoms with Crippen molar-refractivity contribution in [1.29, 1.82) is 0 Å². The summed E-state index contributed by atoms with van der Waals surface area (Å²) in [6.07, 6.45) is -3.40. The third kappa shape index (κ3) is 3.54. The van der Waals surface area contributed by atoms with Crippen molar-refractivity contribution in [2.75, 3.05) is 24.6 Å². The zero-order valence-electron chi connectivity index (χ0n) is 13.9. The van der Waals surface area contributed by atoms with Gasteiger partial charge in [-0.3, -0.25) is 4.31 Å². The number of hydrogen-bond donors (Lipinski definition) is 0. The lowest BCUT2D eigenvalue weighted by molar-refractivity contribution is -0.137. The summed E-state index contributed by atoms with van der Waals surface area (Å²) in [7, 11) is -3.03. The van der Waals surface area contributed by atoms with E-state index >= 15 is 0 Å². The van der Waals surface area contributed by atoms with Crippen LogP contribution in [0.5, 0.6) is 5.88 Å². The monoisotopic (exact) mass is 402 g/mol. The van der Waals surface area contributed by atoms with E-state index in [0.29, 0.717) is 12.1 Å². The number of sulfonamides is 1. The maximum absolute atomic E-state index is 12.9. The third-order valence-corrected chi connectivity index (χ3v) is 5.65. The topological polar surface area (TPSA) is 85.8 Å². The molecule has 1 aliphatic heterocycles. The second kappa shape index (κ2) is 6.72. The number of pyridine rings is 1. The minimum atomic E-state index is -4.58. The van der Waals surface area contributed by atoms with Gasteiger partial charge in [-0.15, -0.1) is 0 Å². The maximum Gasteiger partial charge on any atom is 0.416 e. The van der Waals surface area contributed by atoms with Gasteiger partial charge in [0, 0.05) is 6.20 Å². The Morgan fingerprint density at radius 3 is 2.52 bits per heavy atom. The van der Waals surface area contributed by atoms with Crippen molar-refractivity contribution >= 4 is 21.7 Å². The van der Waals surface area contributed by atoms with Crippen LogP contribution in [0, 0.1) is 0 Å². The van der Waals surface area contributed by atoms with Crippen LogP contribution in [0.2, 0.25) is 0 Å². The molecular formula is C16H13F3N2O5S. The first-order valence-corrected chi connectivity index (χ1v) is 9.00.